The number of oxime groups is 1. The lowest BCUT2D eigenvalue weighted by Crippen LogP contribution is -2.49. The van der Waals surface area contributed by atoms with Crippen molar-refractivity contribution in [2.75, 3.05) is 32.7 Å². The van der Waals surface area contributed by atoms with Gasteiger partial charge in [0.05, 0.1) is 0 Å². The second-order valence-electron chi connectivity index (χ2n) is 6.44. The topological polar surface area (TPSA) is 65.1 Å². The molecular formula is C14H30N4O. The van der Waals surface area contributed by atoms with E-state index in [4.69, 9.17) is 10.9 Å². The Balaban J connectivity index is 2.25. The Labute approximate surface area is 117 Å². The lowest BCUT2D eigenvalue weighted by Gasteiger charge is -2.37. The molecule has 112 valence electrons. The maximum Gasteiger partial charge on any atom is 0.144 e. The van der Waals surface area contributed by atoms with Crippen molar-refractivity contribution in [1.29, 1.82) is 0 Å². The largest absolute Gasteiger partial charge is 0.409 e. The molecule has 19 heavy (non-hydrogen) atoms. The molecule has 0 bridgehead atoms. The maximum atomic E-state index is 8.75. The number of piperazine rings is 1. The minimum atomic E-state index is -0.214. The summed E-state index contributed by atoms with van der Waals surface area (Å²) < 4.78 is 0. The molecule has 5 heteroatoms. The molecule has 0 aromatic carbocycles. The highest BCUT2D eigenvalue weighted by molar-refractivity contribution is 5.85. The van der Waals surface area contributed by atoms with E-state index >= 15 is 0 Å². The first-order valence-electron chi connectivity index (χ1n) is 7.31. The standard InChI is InChI=1S/C14H30N4O/c1-12(2)18-10-8-17(9-11-18)7-5-6-14(3,4)13(15)16-19/h12,19H,5-11H2,1-4H3,(H2,15,16). The van der Waals surface area contributed by atoms with Crippen LogP contribution in [-0.4, -0.2) is 59.6 Å². The van der Waals surface area contributed by atoms with Gasteiger partial charge in [-0.15, -0.1) is 0 Å². The predicted molar refractivity (Wildman–Crippen MR) is 79.6 cm³/mol. The molecular weight excluding hydrogens is 240 g/mol. The van der Waals surface area contributed by atoms with Crippen molar-refractivity contribution < 1.29 is 5.21 Å². The molecule has 1 rings (SSSR count). The predicted octanol–water partition coefficient (Wildman–Crippen LogP) is 1.57. The molecule has 0 radical (unpaired) electrons. The zero-order chi connectivity index (χ0) is 14.5. The third kappa shape index (κ3) is 4.99. The number of nitrogens with zero attached hydrogens (tertiary/aromatic N) is 3. The highest BCUT2D eigenvalue weighted by Gasteiger charge is 2.24. The van der Waals surface area contributed by atoms with Gasteiger partial charge in [-0.3, -0.25) is 4.90 Å². The summed E-state index contributed by atoms with van der Waals surface area (Å²) in [6.45, 7) is 14.3. The van der Waals surface area contributed by atoms with E-state index in [1.165, 1.54) is 13.1 Å². The summed E-state index contributed by atoms with van der Waals surface area (Å²) in [5.74, 6) is 0.331. The van der Waals surface area contributed by atoms with Gasteiger partial charge in [-0.1, -0.05) is 19.0 Å². The van der Waals surface area contributed by atoms with E-state index in [1.807, 2.05) is 13.8 Å². The maximum absolute atomic E-state index is 8.75. The average molecular weight is 270 g/mol. The highest BCUT2D eigenvalue weighted by Crippen LogP contribution is 2.22. The fourth-order valence-electron chi connectivity index (χ4n) is 2.51. The summed E-state index contributed by atoms with van der Waals surface area (Å²) in [7, 11) is 0. The minimum Gasteiger partial charge on any atom is -0.409 e. The lowest BCUT2D eigenvalue weighted by atomic mass is 9.86. The molecule has 1 aliphatic heterocycles. The lowest BCUT2D eigenvalue weighted by molar-refractivity contribution is 0.106. The van der Waals surface area contributed by atoms with Crippen LogP contribution in [0.2, 0.25) is 0 Å². The molecule has 0 unspecified atom stereocenters. The van der Waals surface area contributed by atoms with Gasteiger partial charge >= 0.3 is 0 Å². The Morgan fingerprint density at radius 2 is 1.84 bits per heavy atom. The molecule has 5 nitrogen and oxygen atoms in total. The van der Waals surface area contributed by atoms with Crippen LogP contribution in [0.5, 0.6) is 0 Å². The summed E-state index contributed by atoms with van der Waals surface area (Å²) in [5, 5.41) is 11.9. The molecule has 0 atom stereocenters. The van der Waals surface area contributed by atoms with E-state index in [2.05, 4.69) is 28.8 Å². The van der Waals surface area contributed by atoms with Crippen LogP contribution in [0.4, 0.5) is 0 Å². The Morgan fingerprint density at radius 1 is 1.26 bits per heavy atom. The zero-order valence-electron chi connectivity index (χ0n) is 12.9. The molecule has 0 spiro atoms. The Kier molecular flexibility index (Phi) is 6.07. The molecule has 0 aromatic rings. The van der Waals surface area contributed by atoms with Crippen molar-refractivity contribution in [2.24, 2.45) is 16.3 Å². The summed E-state index contributed by atoms with van der Waals surface area (Å²) in [6.07, 6.45) is 2.04. The smallest absolute Gasteiger partial charge is 0.144 e. The average Bonchev–Trinajstić information content (AvgIpc) is 2.38. The van der Waals surface area contributed by atoms with E-state index in [9.17, 15) is 0 Å². The van der Waals surface area contributed by atoms with Crippen molar-refractivity contribution in [3.05, 3.63) is 0 Å². The van der Waals surface area contributed by atoms with Gasteiger partial charge in [0.1, 0.15) is 5.84 Å². The van der Waals surface area contributed by atoms with Gasteiger partial charge in [-0.25, -0.2) is 0 Å². The number of amidine groups is 1. The van der Waals surface area contributed by atoms with Crippen LogP contribution in [0.15, 0.2) is 5.16 Å². The number of hydrogen-bond acceptors (Lipinski definition) is 4. The van der Waals surface area contributed by atoms with Crippen molar-refractivity contribution in [3.8, 4) is 0 Å². The van der Waals surface area contributed by atoms with Crippen molar-refractivity contribution in [2.45, 2.75) is 46.6 Å². The van der Waals surface area contributed by atoms with Crippen LogP contribution in [0, 0.1) is 5.41 Å². The Bertz CT molecular complexity index is 294. The number of rotatable bonds is 6. The molecule has 1 saturated heterocycles. The zero-order valence-corrected chi connectivity index (χ0v) is 12.9. The SMILES string of the molecule is CC(C)N1CCN(CCCC(C)(C)C(N)=NO)CC1. The van der Waals surface area contributed by atoms with Crippen LogP contribution in [0.25, 0.3) is 0 Å². The first-order valence-corrected chi connectivity index (χ1v) is 7.31. The van der Waals surface area contributed by atoms with Crippen LogP contribution in [0.1, 0.15) is 40.5 Å². The summed E-state index contributed by atoms with van der Waals surface area (Å²) >= 11 is 0. The molecule has 0 aromatic heterocycles. The monoisotopic (exact) mass is 270 g/mol. The van der Waals surface area contributed by atoms with E-state index in [0.29, 0.717) is 11.9 Å². The number of nitrogens with two attached hydrogens (primary N) is 1. The normalized spacial score (nSPS) is 20.2. The van der Waals surface area contributed by atoms with Gasteiger partial charge in [0.2, 0.25) is 0 Å². The minimum absolute atomic E-state index is 0.214. The van der Waals surface area contributed by atoms with Gasteiger partial charge in [0, 0.05) is 37.6 Å². The van der Waals surface area contributed by atoms with E-state index < -0.39 is 0 Å². The van der Waals surface area contributed by atoms with Crippen LogP contribution in [-0.2, 0) is 0 Å². The van der Waals surface area contributed by atoms with Gasteiger partial charge in [-0.2, -0.15) is 0 Å². The first kappa shape index (κ1) is 16.2. The van der Waals surface area contributed by atoms with Crippen LogP contribution >= 0.6 is 0 Å². The number of hydrogen-bond donors (Lipinski definition) is 2. The van der Waals surface area contributed by atoms with Gasteiger partial charge in [0.25, 0.3) is 0 Å². The second-order valence-corrected chi connectivity index (χ2v) is 6.44. The molecule has 0 aliphatic carbocycles. The van der Waals surface area contributed by atoms with Crippen molar-refractivity contribution in [1.82, 2.24) is 9.80 Å². The first-order chi connectivity index (χ1) is 8.86. The summed E-state index contributed by atoms with van der Waals surface area (Å²) in [5.41, 5.74) is 5.49. The fraction of sp³-hybridized carbons (Fsp3) is 0.929. The molecule has 3 N–H and O–H groups in total. The molecule has 0 amide bonds. The van der Waals surface area contributed by atoms with E-state index in [-0.39, 0.29) is 5.41 Å². The van der Waals surface area contributed by atoms with Crippen LogP contribution < -0.4 is 5.73 Å². The molecule has 0 saturated carbocycles. The quantitative estimate of drug-likeness (QED) is 0.333. The van der Waals surface area contributed by atoms with Gasteiger partial charge in [0.15, 0.2) is 0 Å². The second kappa shape index (κ2) is 7.10. The van der Waals surface area contributed by atoms with Crippen LogP contribution in [0.3, 0.4) is 0 Å². The molecule has 1 fully saturated rings. The van der Waals surface area contributed by atoms with E-state index in [0.717, 1.165) is 32.5 Å². The third-order valence-corrected chi connectivity index (χ3v) is 4.21. The highest BCUT2D eigenvalue weighted by atomic mass is 16.4. The summed E-state index contributed by atoms with van der Waals surface area (Å²) in [4.78, 5) is 5.04. The van der Waals surface area contributed by atoms with Crippen molar-refractivity contribution in [3.63, 3.8) is 0 Å². The van der Waals surface area contributed by atoms with Crippen molar-refractivity contribution >= 4 is 5.84 Å². The molecule has 1 aliphatic rings. The van der Waals surface area contributed by atoms with Gasteiger partial charge in [-0.05, 0) is 33.2 Å². The van der Waals surface area contributed by atoms with E-state index in [1.54, 1.807) is 0 Å². The molecule has 1 heterocycles. The Morgan fingerprint density at radius 3 is 2.32 bits per heavy atom. The van der Waals surface area contributed by atoms with Gasteiger partial charge < -0.3 is 15.8 Å². The third-order valence-electron chi connectivity index (χ3n) is 4.21. The summed E-state index contributed by atoms with van der Waals surface area (Å²) in [6, 6.07) is 0.654. The fourth-order valence-corrected chi connectivity index (χ4v) is 2.51. The Hall–Kier alpha value is -0.810.